The van der Waals surface area contributed by atoms with Crippen molar-refractivity contribution in [2.45, 2.75) is 47.0 Å². The summed E-state index contributed by atoms with van der Waals surface area (Å²) in [6, 6.07) is 8.22. The minimum absolute atomic E-state index is 0.698. The minimum Gasteiger partial charge on any atom is -0.354 e. The van der Waals surface area contributed by atoms with Crippen molar-refractivity contribution in [1.82, 2.24) is 9.97 Å². The van der Waals surface area contributed by atoms with Crippen LogP contribution >= 0.6 is 0 Å². The largest absolute Gasteiger partial charge is 0.354 e. The van der Waals surface area contributed by atoms with E-state index in [0.717, 1.165) is 30.2 Å². The van der Waals surface area contributed by atoms with Gasteiger partial charge in [0, 0.05) is 24.0 Å². The molecule has 22 heavy (non-hydrogen) atoms. The smallest absolute Gasteiger partial charge is 0.224 e. The van der Waals surface area contributed by atoms with Crippen LogP contribution in [0.3, 0.4) is 0 Å². The first-order valence-electron chi connectivity index (χ1n) is 8.03. The van der Waals surface area contributed by atoms with Gasteiger partial charge in [0.25, 0.3) is 0 Å². The van der Waals surface area contributed by atoms with Crippen LogP contribution in [0.15, 0.2) is 24.3 Å². The Morgan fingerprint density at radius 3 is 2.64 bits per heavy atom. The standard InChI is InChI=1S/C18H26N4/c1-5-6-7-11-19-18-20-14(3)12-17(22-18)21-16-10-8-9-13(2)15(16)4/h8-10,12H,5-7,11H2,1-4H3,(H2,19,20,21,22). The molecule has 0 spiro atoms. The van der Waals surface area contributed by atoms with E-state index in [1.807, 2.05) is 13.0 Å². The van der Waals surface area contributed by atoms with Crippen molar-refractivity contribution in [2.24, 2.45) is 0 Å². The van der Waals surface area contributed by atoms with Crippen molar-refractivity contribution in [2.75, 3.05) is 17.2 Å². The molecule has 0 radical (unpaired) electrons. The minimum atomic E-state index is 0.698. The predicted octanol–water partition coefficient (Wildman–Crippen LogP) is 4.75. The molecule has 4 nitrogen and oxygen atoms in total. The second-order valence-electron chi connectivity index (χ2n) is 5.72. The molecule has 118 valence electrons. The number of nitrogens with one attached hydrogen (secondary N) is 2. The van der Waals surface area contributed by atoms with Gasteiger partial charge in [0.05, 0.1) is 0 Å². The van der Waals surface area contributed by atoms with Crippen molar-refractivity contribution < 1.29 is 0 Å². The van der Waals surface area contributed by atoms with Gasteiger partial charge in [-0.15, -0.1) is 0 Å². The Morgan fingerprint density at radius 2 is 1.86 bits per heavy atom. The molecule has 0 saturated carbocycles. The zero-order chi connectivity index (χ0) is 15.9. The number of anilines is 3. The Morgan fingerprint density at radius 1 is 1.05 bits per heavy atom. The van der Waals surface area contributed by atoms with Gasteiger partial charge in [-0.1, -0.05) is 31.9 Å². The highest BCUT2D eigenvalue weighted by molar-refractivity contribution is 5.62. The summed E-state index contributed by atoms with van der Waals surface area (Å²) in [7, 11) is 0. The molecule has 0 atom stereocenters. The summed E-state index contributed by atoms with van der Waals surface area (Å²) >= 11 is 0. The maximum Gasteiger partial charge on any atom is 0.224 e. The third kappa shape index (κ3) is 4.45. The molecule has 0 aliphatic heterocycles. The van der Waals surface area contributed by atoms with E-state index in [-0.39, 0.29) is 0 Å². The zero-order valence-electron chi connectivity index (χ0n) is 14.0. The van der Waals surface area contributed by atoms with Gasteiger partial charge < -0.3 is 10.6 Å². The molecule has 2 N–H and O–H groups in total. The maximum absolute atomic E-state index is 4.56. The molecule has 0 saturated heterocycles. The molecule has 2 aromatic rings. The topological polar surface area (TPSA) is 49.8 Å². The van der Waals surface area contributed by atoms with E-state index in [1.165, 1.54) is 24.0 Å². The normalized spacial score (nSPS) is 10.5. The SMILES string of the molecule is CCCCCNc1nc(C)cc(Nc2cccc(C)c2C)n1. The van der Waals surface area contributed by atoms with Crippen LogP contribution in [0.5, 0.6) is 0 Å². The van der Waals surface area contributed by atoms with Crippen LogP contribution in [0.25, 0.3) is 0 Å². The highest BCUT2D eigenvalue weighted by atomic mass is 15.1. The Hall–Kier alpha value is -2.10. The quantitative estimate of drug-likeness (QED) is 0.724. The lowest BCUT2D eigenvalue weighted by Crippen LogP contribution is -2.08. The second kappa shape index (κ2) is 7.78. The Labute approximate surface area is 133 Å². The van der Waals surface area contributed by atoms with Crippen LogP contribution in [-0.2, 0) is 0 Å². The number of aromatic nitrogens is 2. The second-order valence-corrected chi connectivity index (χ2v) is 5.72. The van der Waals surface area contributed by atoms with Crippen molar-refractivity contribution in [3.8, 4) is 0 Å². The fraction of sp³-hybridized carbons (Fsp3) is 0.444. The Kier molecular flexibility index (Phi) is 5.75. The molecule has 0 bridgehead atoms. The first-order valence-corrected chi connectivity index (χ1v) is 8.03. The lowest BCUT2D eigenvalue weighted by Gasteiger charge is -2.12. The van der Waals surface area contributed by atoms with Crippen molar-refractivity contribution >= 4 is 17.5 Å². The van der Waals surface area contributed by atoms with E-state index in [2.05, 4.69) is 59.6 Å². The fourth-order valence-electron chi connectivity index (χ4n) is 2.31. The number of hydrogen-bond donors (Lipinski definition) is 2. The summed E-state index contributed by atoms with van der Waals surface area (Å²) < 4.78 is 0. The van der Waals surface area contributed by atoms with Crippen LogP contribution in [0.1, 0.15) is 43.0 Å². The third-order valence-corrected chi connectivity index (χ3v) is 3.79. The molecule has 0 amide bonds. The monoisotopic (exact) mass is 298 g/mol. The lowest BCUT2D eigenvalue weighted by atomic mass is 10.1. The number of unbranched alkanes of at least 4 members (excludes halogenated alkanes) is 2. The highest BCUT2D eigenvalue weighted by Gasteiger charge is 2.05. The summed E-state index contributed by atoms with van der Waals surface area (Å²) in [6.07, 6.45) is 3.59. The fourth-order valence-corrected chi connectivity index (χ4v) is 2.31. The van der Waals surface area contributed by atoms with E-state index in [4.69, 9.17) is 0 Å². The van der Waals surface area contributed by atoms with E-state index in [0.29, 0.717) is 5.95 Å². The number of rotatable bonds is 7. The zero-order valence-corrected chi connectivity index (χ0v) is 14.0. The van der Waals surface area contributed by atoms with Gasteiger partial charge in [-0.25, -0.2) is 4.98 Å². The highest BCUT2D eigenvalue weighted by Crippen LogP contribution is 2.22. The van der Waals surface area contributed by atoms with Crippen LogP contribution in [-0.4, -0.2) is 16.5 Å². The predicted molar refractivity (Wildman–Crippen MR) is 94.0 cm³/mol. The summed E-state index contributed by atoms with van der Waals surface area (Å²) in [5.41, 5.74) is 4.57. The van der Waals surface area contributed by atoms with Gasteiger partial charge in [-0.3, -0.25) is 0 Å². The van der Waals surface area contributed by atoms with E-state index in [9.17, 15) is 0 Å². The molecule has 1 heterocycles. The molecular weight excluding hydrogens is 272 g/mol. The van der Waals surface area contributed by atoms with Gasteiger partial charge >= 0.3 is 0 Å². The lowest BCUT2D eigenvalue weighted by molar-refractivity contribution is 0.740. The molecule has 0 aliphatic carbocycles. The van der Waals surface area contributed by atoms with Crippen molar-refractivity contribution in [3.63, 3.8) is 0 Å². The Balaban J connectivity index is 2.10. The number of hydrogen-bond acceptors (Lipinski definition) is 4. The van der Waals surface area contributed by atoms with E-state index >= 15 is 0 Å². The van der Waals surface area contributed by atoms with Gasteiger partial charge in [0.1, 0.15) is 5.82 Å². The molecule has 1 aromatic carbocycles. The summed E-state index contributed by atoms with van der Waals surface area (Å²) in [5, 5.41) is 6.71. The molecule has 1 aromatic heterocycles. The summed E-state index contributed by atoms with van der Waals surface area (Å²) in [4.78, 5) is 9.01. The number of aryl methyl sites for hydroxylation is 2. The van der Waals surface area contributed by atoms with Gasteiger partial charge in [0.2, 0.25) is 5.95 Å². The van der Waals surface area contributed by atoms with Gasteiger partial charge in [-0.05, 0) is 44.4 Å². The van der Waals surface area contributed by atoms with Gasteiger partial charge in [0.15, 0.2) is 0 Å². The number of benzene rings is 1. The molecule has 0 fully saturated rings. The molecule has 2 rings (SSSR count). The Bertz CT molecular complexity index is 622. The van der Waals surface area contributed by atoms with Crippen molar-refractivity contribution in [3.05, 3.63) is 41.1 Å². The number of nitrogens with zero attached hydrogens (tertiary/aromatic N) is 2. The van der Waals surface area contributed by atoms with Crippen LogP contribution in [0.4, 0.5) is 17.5 Å². The average Bonchev–Trinajstić information content (AvgIpc) is 2.48. The molecular formula is C18H26N4. The molecule has 0 aliphatic rings. The third-order valence-electron chi connectivity index (χ3n) is 3.79. The van der Waals surface area contributed by atoms with Crippen molar-refractivity contribution in [1.29, 1.82) is 0 Å². The molecule has 0 unspecified atom stereocenters. The first-order chi connectivity index (χ1) is 10.6. The van der Waals surface area contributed by atoms with Gasteiger partial charge in [-0.2, -0.15) is 4.98 Å². The van der Waals surface area contributed by atoms with E-state index < -0.39 is 0 Å². The summed E-state index contributed by atoms with van der Waals surface area (Å²) in [5.74, 6) is 1.53. The maximum atomic E-state index is 4.56. The van der Waals surface area contributed by atoms with Crippen LogP contribution in [0.2, 0.25) is 0 Å². The average molecular weight is 298 g/mol. The van der Waals surface area contributed by atoms with Crippen LogP contribution < -0.4 is 10.6 Å². The first kappa shape index (κ1) is 16.3. The summed E-state index contributed by atoms with van der Waals surface area (Å²) in [6.45, 7) is 9.35. The molecule has 4 heteroatoms. The van der Waals surface area contributed by atoms with E-state index in [1.54, 1.807) is 0 Å². The van der Waals surface area contributed by atoms with Crippen LogP contribution in [0, 0.1) is 20.8 Å².